The van der Waals surface area contributed by atoms with Crippen molar-refractivity contribution in [3.05, 3.63) is 65.9 Å². The Morgan fingerprint density at radius 2 is 1.83 bits per heavy atom. The van der Waals surface area contributed by atoms with Crippen LogP contribution in [0, 0.1) is 5.92 Å². The Hall–Kier alpha value is -3.28. The standard InChI is InChI=1S/C24H31N5O/c1-4-25-24(26-14-13-19-16-27-22-8-6-5-7-21(19)22)28-15-18-9-11-20(12-10-18)29-23(30)17(2)3/h5-12,16-17,27H,4,13-15H2,1-3H3,(H,29,30)(H2,25,26,28). The van der Waals surface area contributed by atoms with Gasteiger partial charge in [0.25, 0.3) is 0 Å². The molecule has 0 aliphatic heterocycles. The highest BCUT2D eigenvalue weighted by molar-refractivity contribution is 5.92. The van der Waals surface area contributed by atoms with E-state index < -0.39 is 0 Å². The van der Waals surface area contributed by atoms with Crippen LogP contribution in [0.15, 0.2) is 59.7 Å². The summed E-state index contributed by atoms with van der Waals surface area (Å²) in [5.41, 5.74) is 4.37. The maximum Gasteiger partial charge on any atom is 0.226 e. The van der Waals surface area contributed by atoms with Crippen LogP contribution in [-0.2, 0) is 17.8 Å². The Morgan fingerprint density at radius 1 is 1.07 bits per heavy atom. The third-order valence-electron chi connectivity index (χ3n) is 4.87. The number of hydrogen-bond acceptors (Lipinski definition) is 2. The number of carbonyl (C=O) groups is 1. The number of benzene rings is 2. The molecule has 1 heterocycles. The van der Waals surface area contributed by atoms with E-state index in [1.165, 1.54) is 16.5 Å². The summed E-state index contributed by atoms with van der Waals surface area (Å²) in [6.07, 6.45) is 2.99. The first-order valence-electron chi connectivity index (χ1n) is 10.5. The summed E-state index contributed by atoms with van der Waals surface area (Å²) < 4.78 is 0. The molecule has 30 heavy (non-hydrogen) atoms. The van der Waals surface area contributed by atoms with Crippen LogP contribution in [0.5, 0.6) is 0 Å². The molecule has 0 bridgehead atoms. The number of hydrogen-bond donors (Lipinski definition) is 4. The number of amides is 1. The number of aliphatic imine (C=N–C) groups is 1. The maximum absolute atomic E-state index is 11.8. The molecule has 2 aromatic carbocycles. The summed E-state index contributed by atoms with van der Waals surface area (Å²) in [6, 6.07) is 16.2. The highest BCUT2D eigenvalue weighted by atomic mass is 16.1. The molecule has 4 N–H and O–H groups in total. The van der Waals surface area contributed by atoms with Crippen LogP contribution >= 0.6 is 0 Å². The number of aromatic amines is 1. The molecule has 0 aliphatic carbocycles. The third-order valence-corrected chi connectivity index (χ3v) is 4.87. The van der Waals surface area contributed by atoms with Crippen molar-refractivity contribution in [1.29, 1.82) is 0 Å². The predicted molar refractivity (Wildman–Crippen MR) is 125 cm³/mol. The van der Waals surface area contributed by atoms with Crippen molar-refractivity contribution in [2.75, 3.05) is 18.4 Å². The fraction of sp³-hybridized carbons (Fsp3) is 0.333. The van der Waals surface area contributed by atoms with Gasteiger partial charge in [0, 0.05) is 41.8 Å². The van der Waals surface area contributed by atoms with E-state index in [4.69, 9.17) is 0 Å². The minimum atomic E-state index is -0.0349. The molecule has 0 saturated carbocycles. The van der Waals surface area contributed by atoms with Crippen LogP contribution in [0.25, 0.3) is 10.9 Å². The maximum atomic E-state index is 11.8. The largest absolute Gasteiger partial charge is 0.361 e. The van der Waals surface area contributed by atoms with Crippen molar-refractivity contribution in [2.24, 2.45) is 10.9 Å². The number of fused-ring (bicyclic) bond motifs is 1. The van der Waals surface area contributed by atoms with Gasteiger partial charge in [0.15, 0.2) is 5.96 Å². The van der Waals surface area contributed by atoms with Gasteiger partial charge in [-0.3, -0.25) is 4.79 Å². The van der Waals surface area contributed by atoms with Crippen molar-refractivity contribution >= 4 is 28.5 Å². The molecule has 0 fully saturated rings. The lowest BCUT2D eigenvalue weighted by Gasteiger charge is -2.11. The van der Waals surface area contributed by atoms with E-state index in [9.17, 15) is 4.79 Å². The highest BCUT2D eigenvalue weighted by Crippen LogP contribution is 2.17. The van der Waals surface area contributed by atoms with E-state index in [2.05, 4.69) is 57.2 Å². The van der Waals surface area contributed by atoms with Crippen LogP contribution in [0.3, 0.4) is 0 Å². The molecular weight excluding hydrogens is 374 g/mol. The molecule has 1 amide bonds. The lowest BCUT2D eigenvalue weighted by atomic mass is 10.1. The second-order valence-corrected chi connectivity index (χ2v) is 7.57. The fourth-order valence-electron chi connectivity index (χ4n) is 3.15. The number of para-hydroxylation sites is 1. The van der Waals surface area contributed by atoms with Gasteiger partial charge in [-0.2, -0.15) is 0 Å². The monoisotopic (exact) mass is 405 g/mol. The lowest BCUT2D eigenvalue weighted by Crippen LogP contribution is -2.38. The first-order chi connectivity index (χ1) is 14.6. The summed E-state index contributed by atoms with van der Waals surface area (Å²) in [6.45, 7) is 8.00. The summed E-state index contributed by atoms with van der Waals surface area (Å²) in [5, 5.41) is 10.9. The summed E-state index contributed by atoms with van der Waals surface area (Å²) in [5.74, 6) is 0.788. The Balaban J connectivity index is 1.54. The number of carbonyl (C=O) groups excluding carboxylic acids is 1. The van der Waals surface area contributed by atoms with Crippen molar-refractivity contribution in [3.63, 3.8) is 0 Å². The minimum Gasteiger partial charge on any atom is -0.361 e. The Labute approximate surface area is 178 Å². The molecular formula is C24H31N5O. The third kappa shape index (κ3) is 5.86. The predicted octanol–water partition coefficient (Wildman–Crippen LogP) is 4.06. The zero-order valence-electron chi connectivity index (χ0n) is 18.0. The molecule has 1 aromatic heterocycles. The summed E-state index contributed by atoms with van der Waals surface area (Å²) in [4.78, 5) is 19.8. The van der Waals surface area contributed by atoms with Crippen molar-refractivity contribution in [3.8, 4) is 0 Å². The van der Waals surface area contributed by atoms with Crippen LogP contribution in [0.2, 0.25) is 0 Å². The molecule has 3 aromatic rings. The molecule has 6 heteroatoms. The molecule has 0 spiro atoms. The quantitative estimate of drug-likeness (QED) is 0.337. The van der Waals surface area contributed by atoms with Crippen LogP contribution in [-0.4, -0.2) is 29.9 Å². The van der Waals surface area contributed by atoms with Gasteiger partial charge >= 0.3 is 0 Å². The molecule has 0 aliphatic rings. The molecule has 158 valence electrons. The van der Waals surface area contributed by atoms with E-state index in [0.29, 0.717) is 6.54 Å². The number of guanidine groups is 1. The number of aromatic nitrogens is 1. The molecule has 3 rings (SSSR count). The number of nitrogens with one attached hydrogen (secondary N) is 4. The van der Waals surface area contributed by atoms with Gasteiger partial charge in [-0.15, -0.1) is 0 Å². The molecule has 0 unspecified atom stereocenters. The topological polar surface area (TPSA) is 81.3 Å². The van der Waals surface area contributed by atoms with Crippen LogP contribution in [0.1, 0.15) is 31.9 Å². The molecule has 0 radical (unpaired) electrons. The van der Waals surface area contributed by atoms with Crippen LogP contribution in [0.4, 0.5) is 5.69 Å². The van der Waals surface area contributed by atoms with Gasteiger partial charge < -0.3 is 20.9 Å². The molecule has 0 atom stereocenters. The fourth-order valence-corrected chi connectivity index (χ4v) is 3.15. The van der Waals surface area contributed by atoms with Gasteiger partial charge in [0.05, 0.1) is 6.54 Å². The van der Waals surface area contributed by atoms with Crippen molar-refractivity contribution in [2.45, 2.75) is 33.7 Å². The normalized spacial score (nSPS) is 11.7. The van der Waals surface area contributed by atoms with Gasteiger partial charge in [-0.05, 0) is 42.7 Å². The molecule has 6 nitrogen and oxygen atoms in total. The van der Waals surface area contributed by atoms with Crippen molar-refractivity contribution < 1.29 is 4.79 Å². The van der Waals surface area contributed by atoms with Gasteiger partial charge in [-0.25, -0.2) is 4.99 Å². The second kappa shape index (κ2) is 10.5. The Morgan fingerprint density at radius 3 is 2.57 bits per heavy atom. The van der Waals surface area contributed by atoms with E-state index in [1.54, 1.807) is 0 Å². The zero-order valence-corrected chi connectivity index (χ0v) is 18.0. The average molecular weight is 406 g/mol. The molecule has 0 saturated heterocycles. The van der Waals surface area contributed by atoms with E-state index in [0.717, 1.165) is 36.7 Å². The first kappa shape index (κ1) is 21.4. The smallest absolute Gasteiger partial charge is 0.226 e. The van der Waals surface area contributed by atoms with Gasteiger partial charge in [0.1, 0.15) is 0 Å². The van der Waals surface area contributed by atoms with Crippen LogP contribution < -0.4 is 16.0 Å². The average Bonchev–Trinajstić information content (AvgIpc) is 3.16. The minimum absolute atomic E-state index is 0.0228. The first-order valence-corrected chi connectivity index (χ1v) is 10.5. The number of rotatable bonds is 8. The van der Waals surface area contributed by atoms with E-state index >= 15 is 0 Å². The van der Waals surface area contributed by atoms with Gasteiger partial charge in [-0.1, -0.05) is 44.2 Å². The van der Waals surface area contributed by atoms with E-state index in [-0.39, 0.29) is 11.8 Å². The second-order valence-electron chi connectivity index (χ2n) is 7.57. The lowest BCUT2D eigenvalue weighted by molar-refractivity contribution is -0.118. The SMILES string of the molecule is CCNC(=NCc1ccc(NC(=O)C(C)C)cc1)NCCc1c[nH]c2ccccc12. The summed E-state index contributed by atoms with van der Waals surface area (Å²) in [7, 11) is 0. The summed E-state index contributed by atoms with van der Waals surface area (Å²) >= 11 is 0. The zero-order chi connectivity index (χ0) is 21.3. The Kier molecular flexibility index (Phi) is 7.49. The number of nitrogens with zero attached hydrogens (tertiary/aromatic N) is 1. The number of H-pyrrole nitrogens is 1. The number of anilines is 1. The van der Waals surface area contributed by atoms with Gasteiger partial charge in [0.2, 0.25) is 5.91 Å². The highest BCUT2D eigenvalue weighted by Gasteiger charge is 2.07. The van der Waals surface area contributed by atoms with E-state index in [1.807, 2.05) is 44.2 Å². The van der Waals surface area contributed by atoms with Crippen molar-refractivity contribution in [1.82, 2.24) is 15.6 Å². The Bertz CT molecular complexity index is 988.